The molecule has 0 spiro atoms. The van der Waals surface area contributed by atoms with Crippen molar-refractivity contribution in [2.24, 2.45) is 0 Å². The standard InChI is InChI=1S/C15H19FN2OS/c1-4-13-14(8-17-9(2)3)20-15(18-13)11-6-5-10(19)7-12(11)16/h5-7,9,17,19H,4,8H2,1-3H3. The zero-order chi connectivity index (χ0) is 14.7. The Morgan fingerprint density at radius 3 is 2.75 bits per heavy atom. The summed E-state index contributed by atoms with van der Waals surface area (Å²) in [6, 6.07) is 4.57. The number of aromatic nitrogens is 1. The number of aromatic hydroxyl groups is 1. The fourth-order valence-corrected chi connectivity index (χ4v) is 3.02. The maximum absolute atomic E-state index is 13.9. The van der Waals surface area contributed by atoms with Crippen molar-refractivity contribution in [3.05, 3.63) is 34.6 Å². The van der Waals surface area contributed by atoms with Crippen LogP contribution in [0, 0.1) is 5.82 Å². The zero-order valence-electron chi connectivity index (χ0n) is 11.9. The van der Waals surface area contributed by atoms with Gasteiger partial charge in [-0.05, 0) is 18.6 Å². The SMILES string of the molecule is CCc1nc(-c2ccc(O)cc2F)sc1CNC(C)C. The van der Waals surface area contributed by atoms with Crippen LogP contribution in [-0.4, -0.2) is 16.1 Å². The van der Waals surface area contributed by atoms with Gasteiger partial charge in [-0.1, -0.05) is 20.8 Å². The summed E-state index contributed by atoms with van der Waals surface area (Å²) in [6.07, 6.45) is 0.825. The van der Waals surface area contributed by atoms with E-state index >= 15 is 0 Å². The summed E-state index contributed by atoms with van der Waals surface area (Å²) in [5, 5.41) is 13.3. The predicted octanol–water partition coefficient (Wildman–Crippen LogP) is 3.72. The summed E-state index contributed by atoms with van der Waals surface area (Å²) in [7, 11) is 0. The number of hydrogen-bond donors (Lipinski definition) is 2. The molecule has 0 aliphatic carbocycles. The molecular formula is C15H19FN2OS. The van der Waals surface area contributed by atoms with Crippen LogP contribution in [0.15, 0.2) is 18.2 Å². The number of aryl methyl sites for hydroxylation is 1. The Hall–Kier alpha value is -1.46. The van der Waals surface area contributed by atoms with Crippen molar-refractivity contribution in [3.63, 3.8) is 0 Å². The van der Waals surface area contributed by atoms with Gasteiger partial charge in [0.05, 0.1) is 5.69 Å². The minimum atomic E-state index is -0.440. The molecular weight excluding hydrogens is 275 g/mol. The molecule has 0 unspecified atom stereocenters. The predicted molar refractivity (Wildman–Crippen MR) is 80.5 cm³/mol. The van der Waals surface area contributed by atoms with Crippen LogP contribution in [0.2, 0.25) is 0 Å². The van der Waals surface area contributed by atoms with E-state index in [1.54, 1.807) is 6.07 Å². The third kappa shape index (κ3) is 3.35. The van der Waals surface area contributed by atoms with Crippen molar-refractivity contribution >= 4 is 11.3 Å². The number of hydrogen-bond acceptors (Lipinski definition) is 4. The maximum atomic E-state index is 13.9. The minimum absolute atomic E-state index is 0.0692. The third-order valence-corrected chi connectivity index (χ3v) is 4.10. The Labute approximate surface area is 122 Å². The normalized spacial score (nSPS) is 11.2. The highest BCUT2D eigenvalue weighted by Crippen LogP contribution is 2.31. The van der Waals surface area contributed by atoms with Crippen LogP contribution in [0.25, 0.3) is 10.6 Å². The second-order valence-electron chi connectivity index (χ2n) is 4.94. The van der Waals surface area contributed by atoms with Crippen molar-refractivity contribution in [2.45, 2.75) is 39.8 Å². The number of nitrogens with zero attached hydrogens (tertiary/aromatic N) is 1. The highest BCUT2D eigenvalue weighted by atomic mass is 32.1. The largest absolute Gasteiger partial charge is 0.508 e. The number of phenols is 1. The number of phenolic OH excluding ortho intramolecular Hbond substituents is 1. The van der Waals surface area contributed by atoms with E-state index in [1.807, 2.05) is 6.92 Å². The van der Waals surface area contributed by atoms with Crippen LogP contribution in [0.5, 0.6) is 5.75 Å². The van der Waals surface area contributed by atoms with E-state index in [9.17, 15) is 9.50 Å². The quantitative estimate of drug-likeness (QED) is 0.883. The molecule has 2 rings (SSSR count). The van der Waals surface area contributed by atoms with Crippen molar-refractivity contribution in [3.8, 4) is 16.3 Å². The summed E-state index contributed by atoms with van der Waals surface area (Å²) < 4.78 is 13.9. The number of nitrogens with one attached hydrogen (secondary N) is 1. The molecule has 0 bridgehead atoms. The zero-order valence-corrected chi connectivity index (χ0v) is 12.7. The van der Waals surface area contributed by atoms with Crippen molar-refractivity contribution in [1.29, 1.82) is 0 Å². The van der Waals surface area contributed by atoms with Gasteiger partial charge in [-0.15, -0.1) is 11.3 Å². The number of halogens is 1. The van der Waals surface area contributed by atoms with Crippen LogP contribution in [0.1, 0.15) is 31.3 Å². The highest BCUT2D eigenvalue weighted by Gasteiger charge is 2.14. The van der Waals surface area contributed by atoms with Crippen LogP contribution in [0.4, 0.5) is 4.39 Å². The van der Waals surface area contributed by atoms with Gasteiger partial charge in [-0.2, -0.15) is 0 Å². The van der Waals surface area contributed by atoms with Gasteiger partial charge in [-0.25, -0.2) is 9.37 Å². The summed E-state index contributed by atoms with van der Waals surface area (Å²) >= 11 is 1.50. The average molecular weight is 294 g/mol. The fourth-order valence-electron chi connectivity index (χ4n) is 1.89. The van der Waals surface area contributed by atoms with E-state index in [-0.39, 0.29) is 5.75 Å². The van der Waals surface area contributed by atoms with Gasteiger partial charge in [0.2, 0.25) is 0 Å². The van der Waals surface area contributed by atoms with E-state index in [0.717, 1.165) is 29.6 Å². The third-order valence-electron chi connectivity index (χ3n) is 2.97. The first-order valence-corrected chi connectivity index (χ1v) is 7.53. The Balaban J connectivity index is 2.33. The van der Waals surface area contributed by atoms with Gasteiger partial charge in [0.1, 0.15) is 16.6 Å². The average Bonchev–Trinajstić information content (AvgIpc) is 2.79. The van der Waals surface area contributed by atoms with E-state index < -0.39 is 5.82 Å². The Morgan fingerprint density at radius 2 is 2.15 bits per heavy atom. The summed E-state index contributed by atoms with van der Waals surface area (Å²) in [5.41, 5.74) is 1.45. The maximum Gasteiger partial charge on any atom is 0.137 e. The second-order valence-corrected chi connectivity index (χ2v) is 6.03. The lowest BCUT2D eigenvalue weighted by atomic mass is 10.2. The lowest BCUT2D eigenvalue weighted by molar-refractivity contribution is 0.469. The van der Waals surface area contributed by atoms with Crippen LogP contribution >= 0.6 is 11.3 Å². The molecule has 1 aromatic heterocycles. The molecule has 1 heterocycles. The number of rotatable bonds is 5. The molecule has 0 amide bonds. The second kappa shape index (κ2) is 6.33. The van der Waals surface area contributed by atoms with Gasteiger partial charge in [-0.3, -0.25) is 0 Å². The smallest absolute Gasteiger partial charge is 0.137 e. The fraction of sp³-hybridized carbons (Fsp3) is 0.400. The van der Waals surface area contributed by atoms with E-state index in [1.165, 1.54) is 17.4 Å². The molecule has 1 aromatic carbocycles. The molecule has 2 N–H and O–H groups in total. The molecule has 20 heavy (non-hydrogen) atoms. The monoisotopic (exact) mass is 294 g/mol. The lowest BCUT2D eigenvalue weighted by Gasteiger charge is -2.06. The molecule has 0 radical (unpaired) electrons. The van der Waals surface area contributed by atoms with Crippen molar-refractivity contribution in [1.82, 2.24) is 10.3 Å². The summed E-state index contributed by atoms with van der Waals surface area (Å²) in [6.45, 7) is 6.98. The molecule has 0 fully saturated rings. The summed E-state index contributed by atoms with van der Waals surface area (Å²) in [4.78, 5) is 5.67. The molecule has 0 saturated carbocycles. The van der Waals surface area contributed by atoms with Gasteiger partial charge < -0.3 is 10.4 Å². The van der Waals surface area contributed by atoms with Crippen LogP contribution in [0.3, 0.4) is 0 Å². The molecule has 0 atom stereocenters. The Morgan fingerprint density at radius 1 is 1.40 bits per heavy atom. The highest BCUT2D eigenvalue weighted by molar-refractivity contribution is 7.15. The summed E-state index contributed by atoms with van der Waals surface area (Å²) in [5.74, 6) is -0.509. The minimum Gasteiger partial charge on any atom is -0.508 e. The first kappa shape index (κ1) is 14.9. The topological polar surface area (TPSA) is 45.2 Å². The Bertz CT molecular complexity index is 596. The van der Waals surface area contributed by atoms with Gasteiger partial charge in [0.15, 0.2) is 0 Å². The lowest BCUT2D eigenvalue weighted by Crippen LogP contribution is -2.21. The van der Waals surface area contributed by atoms with E-state index in [0.29, 0.717) is 16.6 Å². The first-order chi connectivity index (χ1) is 9.51. The first-order valence-electron chi connectivity index (χ1n) is 6.72. The molecule has 0 saturated heterocycles. The molecule has 0 aliphatic heterocycles. The number of benzene rings is 1. The molecule has 0 aliphatic rings. The van der Waals surface area contributed by atoms with E-state index in [2.05, 4.69) is 24.1 Å². The van der Waals surface area contributed by atoms with Crippen molar-refractivity contribution < 1.29 is 9.50 Å². The van der Waals surface area contributed by atoms with Gasteiger partial charge in [0, 0.05) is 29.1 Å². The molecule has 108 valence electrons. The van der Waals surface area contributed by atoms with Crippen LogP contribution < -0.4 is 5.32 Å². The van der Waals surface area contributed by atoms with Gasteiger partial charge >= 0.3 is 0 Å². The molecule has 3 nitrogen and oxygen atoms in total. The van der Waals surface area contributed by atoms with E-state index in [4.69, 9.17) is 0 Å². The molecule has 2 aromatic rings. The molecule has 5 heteroatoms. The van der Waals surface area contributed by atoms with Crippen molar-refractivity contribution in [2.75, 3.05) is 0 Å². The Kier molecular flexibility index (Phi) is 4.73. The van der Waals surface area contributed by atoms with Gasteiger partial charge in [0.25, 0.3) is 0 Å². The van der Waals surface area contributed by atoms with Crippen LogP contribution in [-0.2, 0) is 13.0 Å². The number of thiazole rings is 1.